The highest BCUT2D eigenvalue weighted by Gasteiger charge is 2.38. The molecule has 4 atom stereocenters. The monoisotopic (exact) mass is 647 g/mol. The standard InChI is InChI=1S/C43H45N5O/c1-30-17-20-37-36-14-7-9-16-40(36)49-43(37)42(30)48-27-25-44(3)41(48)29-39-35-21-24-46(39)23-10-22-45-26-28-47(31(45)2)38-15-8-5-12-33(38)19-18-32-11-4-6-13-34(32)35/h4-9,11-17,20-21,24-28,31,35,39,41H,10,18-19,22-23,29H2,1-3H3. The average molecular weight is 648 g/mol. The molecule has 248 valence electrons. The lowest BCUT2D eigenvalue weighted by molar-refractivity contribution is 0.204. The lowest BCUT2D eigenvalue weighted by atomic mass is 9.85. The molecule has 0 spiro atoms. The van der Waals surface area contributed by atoms with Crippen LogP contribution in [-0.2, 0) is 12.8 Å². The van der Waals surface area contributed by atoms with Gasteiger partial charge in [-0.25, -0.2) is 0 Å². The zero-order valence-corrected chi connectivity index (χ0v) is 28.7. The second-order valence-electron chi connectivity index (χ2n) is 14.2. The summed E-state index contributed by atoms with van der Waals surface area (Å²) >= 11 is 0. The molecule has 0 saturated carbocycles. The lowest BCUT2D eigenvalue weighted by Gasteiger charge is -2.38. The summed E-state index contributed by atoms with van der Waals surface area (Å²) in [6.45, 7) is 6.60. The van der Waals surface area contributed by atoms with Gasteiger partial charge < -0.3 is 28.9 Å². The van der Waals surface area contributed by atoms with Crippen LogP contribution in [0.4, 0.5) is 11.4 Å². The predicted molar refractivity (Wildman–Crippen MR) is 201 cm³/mol. The molecule has 49 heavy (non-hydrogen) atoms. The maximum atomic E-state index is 6.60. The molecule has 4 aliphatic rings. The van der Waals surface area contributed by atoms with Gasteiger partial charge in [0.05, 0.1) is 5.69 Å². The Morgan fingerprint density at radius 3 is 2.39 bits per heavy atom. The fraction of sp³-hybridized carbons (Fsp3) is 0.302. The predicted octanol–water partition coefficient (Wildman–Crippen LogP) is 8.94. The lowest BCUT2D eigenvalue weighted by Crippen LogP contribution is -2.44. The van der Waals surface area contributed by atoms with E-state index in [0.29, 0.717) is 18.1 Å². The van der Waals surface area contributed by atoms with Crippen LogP contribution in [0.2, 0.25) is 0 Å². The van der Waals surface area contributed by atoms with E-state index in [1.165, 1.54) is 44.4 Å². The quantitative estimate of drug-likeness (QED) is 0.194. The third-order valence-corrected chi connectivity index (χ3v) is 11.5. The van der Waals surface area contributed by atoms with E-state index in [-0.39, 0.29) is 6.17 Å². The van der Waals surface area contributed by atoms with Gasteiger partial charge in [-0.15, -0.1) is 0 Å². The van der Waals surface area contributed by atoms with Gasteiger partial charge >= 0.3 is 0 Å². The van der Waals surface area contributed by atoms with Crippen LogP contribution in [0.5, 0.6) is 0 Å². The molecule has 0 N–H and O–H groups in total. The van der Waals surface area contributed by atoms with E-state index < -0.39 is 0 Å². The van der Waals surface area contributed by atoms with Crippen LogP contribution in [0.25, 0.3) is 21.9 Å². The van der Waals surface area contributed by atoms with Crippen molar-refractivity contribution in [1.29, 1.82) is 0 Å². The summed E-state index contributed by atoms with van der Waals surface area (Å²) in [5, 5.41) is 2.35. The number of furan rings is 1. The van der Waals surface area contributed by atoms with Gasteiger partial charge in [0.2, 0.25) is 0 Å². The molecule has 0 aliphatic carbocycles. The molecule has 0 saturated heterocycles. The first-order valence-electron chi connectivity index (χ1n) is 18.0. The molecule has 4 bridgehead atoms. The summed E-state index contributed by atoms with van der Waals surface area (Å²) in [4.78, 5) is 12.5. The third kappa shape index (κ3) is 5.08. The highest BCUT2D eigenvalue weighted by molar-refractivity contribution is 6.09. The van der Waals surface area contributed by atoms with E-state index >= 15 is 0 Å². The number of fused-ring (bicyclic) bond motifs is 11. The number of hydrogen-bond acceptors (Lipinski definition) is 6. The van der Waals surface area contributed by atoms with Crippen molar-refractivity contribution in [3.8, 4) is 0 Å². The van der Waals surface area contributed by atoms with Crippen molar-refractivity contribution in [3.63, 3.8) is 0 Å². The van der Waals surface area contributed by atoms with E-state index in [1.807, 2.05) is 0 Å². The normalized spacial score (nSPS) is 23.4. The molecule has 4 aliphatic heterocycles. The van der Waals surface area contributed by atoms with Crippen LogP contribution in [0.3, 0.4) is 0 Å². The molecule has 6 heteroatoms. The SMILES string of the molecule is Cc1ccc2c(oc3ccccc32)c1N1C=CN(C)C1CC1C2C=CN1CCCN1C=CN(c3ccccc3CCc3ccccc32)C1C. The van der Waals surface area contributed by atoms with Crippen molar-refractivity contribution in [2.24, 2.45) is 0 Å². The summed E-state index contributed by atoms with van der Waals surface area (Å²) < 4.78 is 6.60. The van der Waals surface area contributed by atoms with Crippen molar-refractivity contribution in [1.82, 2.24) is 14.7 Å². The summed E-state index contributed by atoms with van der Waals surface area (Å²) in [6, 6.07) is 31.4. The molecule has 6 nitrogen and oxygen atoms in total. The number of anilines is 2. The van der Waals surface area contributed by atoms with Crippen molar-refractivity contribution in [3.05, 3.63) is 144 Å². The Morgan fingerprint density at radius 1 is 0.714 bits per heavy atom. The molecular formula is C43H45N5O. The smallest absolute Gasteiger partial charge is 0.159 e. The minimum Gasteiger partial charge on any atom is -0.454 e. The van der Waals surface area contributed by atoms with Gasteiger partial charge in [0, 0.05) is 79.8 Å². The largest absolute Gasteiger partial charge is 0.454 e. The molecule has 4 aromatic carbocycles. The second-order valence-corrected chi connectivity index (χ2v) is 14.2. The number of rotatable bonds is 3. The zero-order chi connectivity index (χ0) is 33.1. The van der Waals surface area contributed by atoms with Gasteiger partial charge in [0.15, 0.2) is 5.58 Å². The van der Waals surface area contributed by atoms with Crippen LogP contribution in [0.1, 0.15) is 47.9 Å². The summed E-state index contributed by atoms with van der Waals surface area (Å²) in [6.07, 6.45) is 18.5. The van der Waals surface area contributed by atoms with Crippen molar-refractivity contribution in [2.45, 2.75) is 63.8 Å². The topological polar surface area (TPSA) is 29.3 Å². The van der Waals surface area contributed by atoms with E-state index in [1.54, 1.807) is 0 Å². The second kappa shape index (κ2) is 12.1. The number of hydrogen-bond donors (Lipinski definition) is 0. The maximum Gasteiger partial charge on any atom is 0.159 e. The molecule has 0 radical (unpaired) electrons. The van der Waals surface area contributed by atoms with Crippen molar-refractivity contribution < 1.29 is 4.42 Å². The van der Waals surface area contributed by atoms with Crippen LogP contribution in [0, 0.1) is 6.92 Å². The van der Waals surface area contributed by atoms with Gasteiger partial charge in [-0.2, -0.15) is 0 Å². The number of benzene rings is 4. The minimum atomic E-state index is 0.156. The molecule has 5 aromatic rings. The molecule has 0 fully saturated rings. The molecule has 5 heterocycles. The first-order valence-corrected chi connectivity index (χ1v) is 18.0. The first-order chi connectivity index (χ1) is 24.0. The fourth-order valence-corrected chi connectivity index (χ4v) is 8.84. The Kier molecular flexibility index (Phi) is 7.41. The van der Waals surface area contributed by atoms with E-state index in [4.69, 9.17) is 4.42 Å². The van der Waals surface area contributed by atoms with E-state index in [9.17, 15) is 0 Å². The third-order valence-electron chi connectivity index (χ3n) is 11.5. The summed E-state index contributed by atoms with van der Waals surface area (Å²) in [5.74, 6) is 0.315. The molecule has 9 rings (SSSR count). The first kappa shape index (κ1) is 30.0. The van der Waals surface area contributed by atoms with Gasteiger partial charge in [-0.05, 0) is 73.7 Å². The van der Waals surface area contributed by atoms with Crippen molar-refractivity contribution in [2.75, 3.05) is 29.9 Å². The maximum absolute atomic E-state index is 6.60. The zero-order valence-electron chi connectivity index (χ0n) is 28.7. The Labute approximate surface area is 289 Å². The van der Waals surface area contributed by atoms with Crippen LogP contribution < -0.4 is 9.80 Å². The average Bonchev–Trinajstić information content (AvgIpc) is 3.89. The van der Waals surface area contributed by atoms with Crippen LogP contribution in [0.15, 0.2) is 126 Å². The number of para-hydroxylation sites is 2. The molecule has 4 unspecified atom stereocenters. The van der Waals surface area contributed by atoms with Crippen LogP contribution >= 0.6 is 0 Å². The molecule has 0 amide bonds. The summed E-state index contributed by atoms with van der Waals surface area (Å²) in [7, 11) is 2.23. The fourth-order valence-electron chi connectivity index (χ4n) is 8.84. The van der Waals surface area contributed by atoms with E-state index in [0.717, 1.165) is 49.9 Å². The highest BCUT2D eigenvalue weighted by Crippen LogP contribution is 2.43. The van der Waals surface area contributed by atoms with Gasteiger partial charge in [0.25, 0.3) is 0 Å². The Balaban J connectivity index is 1.09. The minimum absolute atomic E-state index is 0.156. The Morgan fingerprint density at radius 2 is 1.47 bits per heavy atom. The molecule has 1 aromatic heterocycles. The van der Waals surface area contributed by atoms with Gasteiger partial charge in [-0.1, -0.05) is 78.9 Å². The number of aryl methyl sites for hydroxylation is 3. The van der Waals surface area contributed by atoms with E-state index in [2.05, 4.69) is 167 Å². The van der Waals surface area contributed by atoms with Gasteiger partial charge in [-0.3, -0.25) is 0 Å². The van der Waals surface area contributed by atoms with Crippen LogP contribution in [-0.4, -0.2) is 53.2 Å². The Bertz CT molecular complexity index is 2110. The summed E-state index contributed by atoms with van der Waals surface area (Å²) in [5.41, 5.74) is 9.98. The highest BCUT2D eigenvalue weighted by atomic mass is 16.3. The molecular weight excluding hydrogens is 603 g/mol. The number of nitrogens with zero attached hydrogens (tertiary/aromatic N) is 5. The Hall–Kier alpha value is -5.10. The van der Waals surface area contributed by atoms with Gasteiger partial charge in [0.1, 0.15) is 17.9 Å². The van der Waals surface area contributed by atoms with Crippen molar-refractivity contribution >= 4 is 33.3 Å².